The van der Waals surface area contributed by atoms with Gasteiger partial charge in [0.25, 0.3) is 5.91 Å². The molecule has 0 unspecified atom stereocenters. The number of para-hydroxylation sites is 2. The Labute approximate surface area is 151 Å². The molecule has 5 heteroatoms. The molecule has 26 heavy (non-hydrogen) atoms. The molecular formula is C21H18FN3O. The van der Waals surface area contributed by atoms with E-state index in [1.165, 1.54) is 11.6 Å². The van der Waals surface area contributed by atoms with Crippen LogP contribution in [0.1, 0.15) is 22.5 Å². The van der Waals surface area contributed by atoms with Crippen molar-refractivity contribution in [3.05, 3.63) is 83.9 Å². The molecule has 0 atom stereocenters. The van der Waals surface area contributed by atoms with Crippen molar-refractivity contribution in [1.29, 1.82) is 0 Å². The molecule has 0 aliphatic carbocycles. The van der Waals surface area contributed by atoms with Gasteiger partial charge in [-0.2, -0.15) is 0 Å². The normalized spacial score (nSPS) is 13.2. The minimum Gasteiger partial charge on any atom is -0.353 e. The van der Waals surface area contributed by atoms with Crippen molar-refractivity contribution < 1.29 is 9.18 Å². The number of pyridine rings is 1. The Morgan fingerprint density at radius 3 is 2.77 bits per heavy atom. The molecule has 130 valence electrons. The Morgan fingerprint density at radius 1 is 1.08 bits per heavy atom. The van der Waals surface area contributed by atoms with Gasteiger partial charge in [-0.15, -0.1) is 0 Å². The first-order valence-electron chi connectivity index (χ1n) is 8.60. The third kappa shape index (κ3) is 3.16. The van der Waals surface area contributed by atoms with Crippen LogP contribution < -0.4 is 10.2 Å². The minimum absolute atomic E-state index is 0.144. The number of carbonyl (C=O) groups is 1. The number of halogens is 1. The first-order chi connectivity index (χ1) is 12.7. The van der Waals surface area contributed by atoms with Gasteiger partial charge in [0.2, 0.25) is 0 Å². The summed E-state index contributed by atoms with van der Waals surface area (Å²) in [6, 6.07) is 17.8. The number of benzene rings is 2. The molecule has 0 fully saturated rings. The average molecular weight is 347 g/mol. The molecule has 1 N–H and O–H groups in total. The van der Waals surface area contributed by atoms with E-state index in [4.69, 9.17) is 0 Å². The zero-order chi connectivity index (χ0) is 17.9. The van der Waals surface area contributed by atoms with Crippen LogP contribution >= 0.6 is 0 Å². The molecule has 1 aliphatic rings. The first kappa shape index (κ1) is 16.3. The van der Waals surface area contributed by atoms with Crippen LogP contribution in [0.15, 0.2) is 66.9 Å². The number of nitrogens with one attached hydrogen (secondary N) is 1. The molecule has 2 heterocycles. The van der Waals surface area contributed by atoms with E-state index in [0.29, 0.717) is 23.6 Å². The van der Waals surface area contributed by atoms with E-state index in [-0.39, 0.29) is 11.7 Å². The molecule has 0 saturated carbocycles. The molecule has 0 bridgehead atoms. The Hall–Kier alpha value is -3.21. The fourth-order valence-corrected chi connectivity index (χ4v) is 3.23. The van der Waals surface area contributed by atoms with Crippen LogP contribution in [0, 0.1) is 5.82 Å². The number of aromatic nitrogens is 1. The average Bonchev–Trinajstić information content (AvgIpc) is 2.69. The van der Waals surface area contributed by atoms with E-state index in [9.17, 15) is 9.18 Å². The van der Waals surface area contributed by atoms with Crippen molar-refractivity contribution in [3.8, 4) is 0 Å². The standard InChI is InChI=1S/C21H18FN3O/c22-17-8-2-3-9-18(17)24-16-11-12-23-19(14-16)21(26)25-13-5-7-15-6-1-4-10-20(15)25/h1-4,6,8-12,14H,5,7,13H2,(H,23,24). The number of rotatable bonds is 3. The lowest BCUT2D eigenvalue weighted by Gasteiger charge is -2.29. The highest BCUT2D eigenvalue weighted by Gasteiger charge is 2.24. The van der Waals surface area contributed by atoms with E-state index in [0.717, 1.165) is 18.5 Å². The number of fused-ring (bicyclic) bond motifs is 1. The molecule has 2 aromatic carbocycles. The van der Waals surface area contributed by atoms with Crippen LogP contribution in [0.4, 0.5) is 21.5 Å². The van der Waals surface area contributed by atoms with E-state index in [1.54, 1.807) is 41.4 Å². The maximum absolute atomic E-state index is 13.8. The fourth-order valence-electron chi connectivity index (χ4n) is 3.23. The van der Waals surface area contributed by atoms with E-state index in [1.807, 2.05) is 18.2 Å². The fraction of sp³-hybridized carbons (Fsp3) is 0.143. The molecule has 1 aromatic heterocycles. The second kappa shape index (κ2) is 6.96. The van der Waals surface area contributed by atoms with Crippen molar-refractivity contribution in [2.75, 3.05) is 16.8 Å². The van der Waals surface area contributed by atoms with Gasteiger partial charge < -0.3 is 10.2 Å². The highest BCUT2D eigenvalue weighted by molar-refractivity contribution is 6.06. The zero-order valence-electron chi connectivity index (χ0n) is 14.2. The van der Waals surface area contributed by atoms with Gasteiger partial charge in [0.15, 0.2) is 0 Å². The van der Waals surface area contributed by atoms with Crippen LogP contribution in [-0.2, 0) is 6.42 Å². The van der Waals surface area contributed by atoms with Gasteiger partial charge in [0, 0.05) is 24.1 Å². The summed E-state index contributed by atoms with van der Waals surface area (Å²) in [6.07, 6.45) is 3.46. The van der Waals surface area contributed by atoms with Crippen LogP contribution in [0.25, 0.3) is 0 Å². The van der Waals surface area contributed by atoms with Gasteiger partial charge >= 0.3 is 0 Å². The topological polar surface area (TPSA) is 45.2 Å². The van der Waals surface area contributed by atoms with Gasteiger partial charge in [0.05, 0.1) is 5.69 Å². The van der Waals surface area contributed by atoms with Crippen molar-refractivity contribution >= 4 is 23.0 Å². The molecule has 3 aromatic rings. The van der Waals surface area contributed by atoms with Crippen molar-refractivity contribution in [1.82, 2.24) is 4.98 Å². The lowest BCUT2D eigenvalue weighted by atomic mass is 10.0. The molecule has 0 saturated heterocycles. The quantitative estimate of drug-likeness (QED) is 0.755. The highest BCUT2D eigenvalue weighted by atomic mass is 19.1. The number of anilines is 3. The van der Waals surface area contributed by atoms with Crippen LogP contribution in [0.5, 0.6) is 0 Å². The maximum Gasteiger partial charge on any atom is 0.276 e. The number of amides is 1. The summed E-state index contributed by atoms with van der Waals surface area (Å²) in [5.41, 5.74) is 3.44. The zero-order valence-corrected chi connectivity index (χ0v) is 14.2. The van der Waals surface area contributed by atoms with E-state index < -0.39 is 0 Å². The largest absolute Gasteiger partial charge is 0.353 e. The molecule has 1 aliphatic heterocycles. The Kier molecular flexibility index (Phi) is 4.35. The number of hydrogen-bond acceptors (Lipinski definition) is 3. The summed E-state index contributed by atoms with van der Waals surface area (Å²) < 4.78 is 13.8. The minimum atomic E-state index is -0.345. The van der Waals surface area contributed by atoms with Gasteiger partial charge in [0.1, 0.15) is 11.5 Å². The maximum atomic E-state index is 13.8. The summed E-state index contributed by atoms with van der Waals surface area (Å²) in [5, 5.41) is 3.00. The Balaban J connectivity index is 1.61. The van der Waals surface area contributed by atoms with Crippen molar-refractivity contribution in [2.45, 2.75) is 12.8 Å². The molecular weight excluding hydrogens is 329 g/mol. The van der Waals surface area contributed by atoms with Gasteiger partial charge in [-0.25, -0.2) is 4.39 Å². The molecule has 4 rings (SSSR count). The lowest BCUT2D eigenvalue weighted by Crippen LogP contribution is -2.35. The van der Waals surface area contributed by atoms with Crippen LogP contribution in [-0.4, -0.2) is 17.4 Å². The van der Waals surface area contributed by atoms with E-state index in [2.05, 4.69) is 16.4 Å². The molecule has 4 nitrogen and oxygen atoms in total. The number of carbonyl (C=O) groups excluding carboxylic acids is 1. The summed E-state index contributed by atoms with van der Waals surface area (Å²) in [7, 11) is 0. The second-order valence-corrected chi connectivity index (χ2v) is 6.22. The number of aryl methyl sites for hydroxylation is 1. The molecule has 0 radical (unpaired) electrons. The monoisotopic (exact) mass is 347 g/mol. The predicted octanol–water partition coefficient (Wildman–Crippen LogP) is 4.56. The van der Waals surface area contributed by atoms with Gasteiger partial charge in [-0.05, 0) is 48.7 Å². The second-order valence-electron chi connectivity index (χ2n) is 6.22. The van der Waals surface area contributed by atoms with Crippen LogP contribution in [0.2, 0.25) is 0 Å². The third-order valence-electron chi connectivity index (χ3n) is 4.49. The highest BCUT2D eigenvalue weighted by Crippen LogP contribution is 2.28. The predicted molar refractivity (Wildman–Crippen MR) is 100 cm³/mol. The third-order valence-corrected chi connectivity index (χ3v) is 4.49. The molecule has 1 amide bonds. The van der Waals surface area contributed by atoms with Gasteiger partial charge in [-0.3, -0.25) is 9.78 Å². The lowest BCUT2D eigenvalue weighted by molar-refractivity contribution is 0.0980. The number of nitrogens with zero attached hydrogens (tertiary/aromatic N) is 2. The summed E-state index contributed by atoms with van der Waals surface area (Å²) >= 11 is 0. The summed E-state index contributed by atoms with van der Waals surface area (Å²) in [6.45, 7) is 0.669. The van der Waals surface area contributed by atoms with Crippen molar-refractivity contribution in [3.63, 3.8) is 0 Å². The van der Waals surface area contributed by atoms with Crippen molar-refractivity contribution in [2.24, 2.45) is 0 Å². The van der Waals surface area contributed by atoms with Gasteiger partial charge in [-0.1, -0.05) is 30.3 Å². The van der Waals surface area contributed by atoms with E-state index >= 15 is 0 Å². The SMILES string of the molecule is O=C(c1cc(Nc2ccccc2F)ccn1)N1CCCc2ccccc21. The molecule has 0 spiro atoms. The Morgan fingerprint density at radius 2 is 1.88 bits per heavy atom. The Bertz CT molecular complexity index is 957. The van der Waals surface area contributed by atoms with Crippen LogP contribution in [0.3, 0.4) is 0 Å². The smallest absolute Gasteiger partial charge is 0.276 e. The number of hydrogen-bond donors (Lipinski definition) is 1. The first-order valence-corrected chi connectivity index (χ1v) is 8.60. The summed E-state index contributed by atoms with van der Waals surface area (Å²) in [5.74, 6) is -0.489. The summed E-state index contributed by atoms with van der Waals surface area (Å²) in [4.78, 5) is 19.0.